The van der Waals surface area contributed by atoms with Gasteiger partial charge < -0.3 is 19.7 Å². The van der Waals surface area contributed by atoms with Crippen molar-refractivity contribution in [3.05, 3.63) is 30.3 Å². The van der Waals surface area contributed by atoms with Crippen LogP contribution in [-0.4, -0.2) is 56.9 Å². The van der Waals surface area contributed by atoms with Crippen LogP contribution in [0.3, 0.4) is 0 Å². The molecule has 2 heterocycles. The van der Waals surface area contributed by atoms with Crippen LogP contribution in [0.25, 0.3) is 0 Å². The molecule has 1 N–H and O–H groups in total. The van der Waals surface area contributed by atoms with E-state index in [0.29, 0.717) is 5.92 Å². The van der Waals surface area contributed by atoms with Crippen molar-refractivity contribution in [3.63, 3.8) is 0 Å². The number of benzene rings is 1. The summed E-state index contributed by atoms with van der Waals surface area (Å²) in [4.78, 5) is 7.22. The number of aliphatic imine (C=N–C) groups is 1. The summed E-state index contributed by atoms with van der Waals surface area (Å²) < 4.78 is 11.2. The van der Waals surface area contributed by atoms with Gasteiger partial charge in [-0.1, -0.05) is 18.2 Å². The predicted molar refractivity (Wildman–Crippen MR) is 102 cm³/mol. The molecule has 5 heteroatoms. The molecule has 2 aliphatic rings. The molecular formula is C20H31N3O2. The summed E-state index contributed by atoms with van der Waals surface area (Å²) in [5.41, 5.74) is 1.10. The van der Waals surface area contributed by atoms with Gasteiger partial charge in [-0.3, -0.25) is 4.99 Å². The number of nitrogens with one attached hydrogen (secondary N) is 1. The maximum Gasteiger partial charge on any atom is 0.198 e. The van der Waals surface area contributed by atoms with Gasteiger partial charge in [0.2, 0.25) is 0 Å². The lowest BCUT2D eigenvalue weighted by molar-refractivity contribution is 0.0893. The monoisotopic (exact) mass is 345 g/mol. The molecule has 0 amide bonds. The van der Waals surface area contributed by atoms with Crippen LogP contribution in [0.15, 0.2) is 35.3 Å². The van der Waals surface area contributed by atoms with Crippen molar-refractivity contribution in [1.82, 2.24) is 4.90 Å². The number of nitrogens with zero attached hydrogens (tertiary/aromatic N) is 2. The average Bonchev–Trinajstić information content (AvgIpc) is 3.18. The Labute approximate surface area is 151 Å². The molecule has 2 fully saturated rings. The molecule has 5 nitrogen and oxygen atoms in total. The molecular weight excluding hydrogens is 314 g/mol. The number of anilines is 1. The summed E-state index contributed by atoms with van der Waals surface area (Å²) in [6.07, 6.45) is 5.93. The first-order chi connectivity index (χ1) is 12.4. The van der Waals surface area contributed by atoms with Crippen molar-refractivity contribution in [2.75, 3.05) is 51.4 Å². The third-order valence-electron chi connectivity index (χ3n) is 4.77. The number of rotatable bonds is 7. The van der Waals surface area contributed by atoms with E-state index in [1.165, 1.54) is 19.3 Å². The molecule has 0 radical (unpaired) electrons. The van der Waals surface area contributed by atoms with Gasteiger partial charge in [-0.05, 0) is 44.2 Å². The van der Waals surface area contributed by atoms with Crippen LogP contribution >= 0.6 is 0 Å². The summed E-state index contributed by atoms with van der Waals surface area (Å²) in [6, 6.07) is 10.3. The van der Waals surface area contributed by atoms with Crippen LogP contribution in [0.1, 0.15) is 32.1 Å². The highest BCUT2D eigenvalue weighted by atomic mass is 16.5. The Balaban J connectivity index is 1.44. The van der Waals surface area contributed by atoms with Gasteiger partial charge in [-0.25, -0.2) is 0 Å². The number of para-hydroxylation sites is 1. The molecule has 25 heavy (non-hydrogen) atoms. The van der Waals surface area contributed by atoms with Gasteiger partial charge in [-0.2, -0.15) is 0 Å². The Morgan fingerprint density at radius 3 is 2.80 bits per heavy atom. The smallest absolute Gasteiger partial charge is 0.198 e. The van der Waals surface area contributed by atoms with Crippen LogP contribution in [0.2, 0.25) is 0 Å². The fourth-order valence-electron chi connectivity index (χ4n) is 3.29. The highest BCUT2D eigenvalue weighted by molar-refractivity contribution is 5.93. The summed E-state index contributed by atoms with van der Waals surface area (Å²) in [5.74, 6) is 1.60. The quantitative estimate of drug-likeness (QED) is 0.467. The predicted octanol–water partition coefficient (Wildman–Crippen LogP) is 3.38. The lowest BCUT2D eigenvalue weighted by Gasteiger charge is -2.30. The topological polar surface area (TPSA) is 46.1 Å². The van der Waals surface area contributed by atoms with Crippen LogP contribution in [0.5, 0.6) is 0 Å². The first kappa shape index (κ1) is 18.2. The third kappa shape index (κ3) is 6.33. The van der Waals surface area contributed by atoms with Crippen molar-refractivity contribution >= 4 is 11.6 Å². The zero-order valence-corrected chi connectivity index (χ0v) is 15.2. The molecule has 0 saturated carbocycles. The number of hydrogen-bond acceptors (Lipinski definition) is 3. The van der Waals surface area contributed by atoms with E-state index >= 15 is 0 Å². The van der Waals surface area contributed by atoms with Crippen molar-refractivity contribution in [1.29, 1.82) is 0 Å². The Morgan fingerprint density at radius 1 is 1.20 bits per heavy atom. The molecule has 0 bridgehead atoms. The van der Waals surface area contributed by atoms with E-state index in [4.69, 9.17) is 14.5 Å². The van der Waals surface area contributed by atoms with Crippen molar-refractivity contribution in [2.45, 2.75) is 32.1 Å². The number of piperidine rings is 1. The fourth-order valence-corrected chi connectivity index (χ4v) is 3.29. The second kappa shape index (κ2) is 10.4. The summed E-state index contributed by atoms with van der Waals surface area (Å²) in [5, 5.41) is 3.50. The van der Waals surface area contributed by atoms with E-state index in [1.807, 2.05) is 6.07 Å². The van der Waals surface area contributed by atoms with Crippen LogP contribution < -0.4 is 5.32 Å². The van der Waals surface area contributed by atoms with Gasteiger partial charge in [0.1, 0.15) is 0 Å². The minimum atomic E-state index is 0.590. The summed E-state index contributed by atoms with van der Waals surface area (Å²) >= 11 is 0. The van der Waals surface area contributed by atoms with E-state index in [9.17, 15) is 0 Å². The number of likely N-dealkylation sites (tertiary alicyclic amines) is 1. The number of ether oxygens (including phenoxy) is 2. The largest absolute Gasteiger partial charge is 0.381 e. The van der Waals surface area contributed by atoms with E-state index in [1.54, 1.807) is 0 Å². The SMILES string of the molecule is c1ccc(NC(=NCCCOCC2CCOC2)N2CCCCC2)cc1. The van der Waals surface area contributed by atoms with E-state index in [2.05, 4.69) is 34.5 Å². The fraction of sp³-hybridized carbons (Fsp3) is 0.650. The van der Waals surface area contributed by atoms with Crippen LogP contribution in [0.4, 0.5) is 5.69 Å². The molecule has 2 aliphatic heterocycles. The molecule has 1 aromatic rings. The first-order valence-corrected chi connectivity index (χ1v) is 9.69. The zero-order chi connectivity index (χ0) is 17.2. The van der Waals surface area contributed by atoms with Gasteiger partial charge >= 0.3 is 0 Å². The Morgan fingerprint density at radius 2 is 2.04 bits per heavy atom. The van der Waals surface area contributed by atoms with Crippen LogP contribution in [0, 0.1) is 5.92 Å². The van der Waals surface area contributed by atoms with E-state index < -0.39 is 0 Å². The molecule has 0 aromatic heterocycles. The average molecular weight is 345 g/mol. The molecule has 1 atom stereocenters. The van der Waals surface area contributed by atoms with Crippen molar-refractivity contribution in [3.8, 4) is 0 Å². The lowest BCUT2D eigenvalue weighted by atomic mass is 10.1. The van der Waals surface area contributed by atoms with Gasteiger partial charge in [0.25, 0.3) is 0 Å². The molecule has 138 valence electrons. The number of hydrogen-bond donors (Lipinski definition) is 1. The van der Waals surface area contributed by atoms with E-state index in [0.717, 1.165) is 70.6 Å². The number of guanidine groups is 1. The minimum absolute atomic E-state index is 0.590. The minimum Gasteiger partial charge on any atom is -0.381 e. The first-order valence-electron chi connectivity index (χ1n) is 9.69. The van der Waals surface area contributed by atoms with Gasteiger partial charge in [0.05, 0.1) is 13.2 Å². The van der Waals surface area contributed by atoms with Crippen LogP contribution in [-0.2, 0) is 9.47 Å². The second-order valence-corrected chi connectivity index (χ2v) is 6.90. The third-order valence-corrected chi connectivity index (χ3v) is 4.77. The zero-order valence-electron chi connectivity index (χ0n) is 15.2. The Hall–Kier alpha value is -1.59. The Bertz CT molecular complexity index is 509. The van der Waals surface area contributed by atoms with Crippen molar-refractivity contribution in [2.24, 2.45) is 10.9 Å². The second-order valence-electron chi connectivity index (χ2n) is 6.90. The highest BCUT2D eigenvalue weighted by Gasteiger charge is 2.16. The molecule has 2 saturated heterocycles. The molecule has 0 aliphatic carbocycles. The van der Waals surface area contributed by atoms with Gasteiger partial charge in [0, 0.05) is 44.5 Å². The summed E-state index contributed by atoms with van der Waals surface area (Å²) in [7, 11) is 0. The lowest BCUT2D eigenvalue weighted by Crippen LogP contribution is -2.40. The van der Waals surface area contributed by atoms with Gasteiger partial charge in [-0.15, -0.1) is 0 Å². The van der Waals surface area contributed by atoms with Crippen molar-refractivity contribution < 1.29 is 9.47 Å². The Kier molecular flexibility index (Phi) is 7.58. The molecule has 3 rings (SSSR count). The molecule has 1 aromatic carbocycles. The molecule has 0 spiro atoms. The highest BCUT2D eigenvalue weighted by Crippen LogP contribution is 2.13. The standard InChI is InChI=1S/C20H31N3O2/c1-3-8-19(9-4-1)22-20(23-12-5-2-6-13-23)21-11-7-14-24-16-18-10-15-25-17-18/h1,3-4,8-9,18H,2,5-7,10-17H2,(H,21,22). The molecule has 1 unspecified atom stereocenters. The normalized spacial score (nSPS) is 21.5. The maximum atomic E-state index is 5.78. The van der Waals surface area contributed by atoms with Gasteiger partial charge in [0.15, 0.2) is 5.96 Å². The van der Waals surface area contributed by atoms with E-state index in [-0.39, 0.29) is 0 Å². The summed E-state index contributed by atoms with van der Waals surface area (Å²) in [6.45, 7) is 6.34. The maximum absolute atomic E-state index is 5.78.